The molecule has 1 aromatic heterocycles. The molecule has 35 heavy (non-hydrogen) atoms. The number of hydrogen-bond acceptors (Lipinski definition) is 8. The van der Waals surface area contributed by atoms with Gasteiger partial charge in [0.2, 0.25) is 5.91 Å². The number of aryl methyl sites for hydroxylation is 1. The third-order valence-electron chi connectivity index (χ3n) is 5.82. The number of H-pyrrole nitrogens is 1. The van der Waals surface area contributed by atoms with E-state index < -0.39 is 5.56 Å². The smallest absolute Gasteiger partial charge is 0.309 e. The van der Waals surface area contributed by atoms with Gasteiger partial charge in [-0.1, -0.05) is 6.08 Å². The highest BCUT2D eigenvalue weighted by atomic mass is 16.5. The Labute approximate surface area is 204 Å². The quantitative estimate of drug-likeness (QED) is 0.293. The Balaban J connectivity index is 1.58. The van der Waals surface area contributed by atoms with Gasteiger partial charge in [-0.2, -0.15) is 0 Å². The van der Waals surface area contributed by atoms with Crippen molar-refractivity contribution in [2.75, 3.05) is 33.4 Å². The van der Waals surface area contributed by atoms with Crippen LogP contribution in [0.1, 0.15) is 38.3 Å². The first-order valence-corrected chi connectivity index (χ1v) is 11.8. The van der Waals surface area contributed by atoms with E-state index in [0.29, 0.717) is 68.5 Å². The van der Waals surface area contributed by atoms with Gasteiger partial charge in [0.1, 0.15) is 5.69 Å². The van der Waals surface area contributed by atoms with E-state index in [1.54, 1.807) is 36.1 Å². The van der Waals surface area contributed by atoms with Crippen LogP contribution in [0.25, 0.3) is 11.4 Å². The number of nitrogens with zero attached hydrogens (tertiary/aromatic N) is 3. The summed E-state index contributed by atoms with van der Waals surface area (Å²) in [7, 11) is 1.54. The Hall–Kier alpha value is -3.69. The zero-order valence-corrected chi connectivity index (χ0v) is 20.2. The van der Waals surface area contributed by atoms with Crippen LogP contribution >= 0.6 is 0 Å². The number of amides is 1. The van der Waals surface area contributed by atoms with Crippen LogP contribution in [0.15, 0.2) is 35.6 Å². The van der Waals surface area contributed by atoms with E-state index in [9.17, 15) is 14.4 Å². The molecule has 1 amide bonds. The van der Waals surface area contributed by atoms with Crippen LogP contribution in [-0.2, 0) is 20.7 Å². The molecular formula is C25H32N4O6. The van der Waals surface area contributed by atoms with Crippen molar-refractivity contribution in [1.29, 1.82) is 0 Å². The summed E-state index contributed by atoms with van der Waals surface area (Å²) in [5, 5.41) is 8.19. The number of hydrogen-bond donors (Lipinski definition) is 1. The molecule has 0 spiro atoms. The lowest BCUT2D eigenvalue weighted by atomic mass is 9.96. The topological polar surface area (TPSA) is 124 Å². The van der Waals surface area contributed by atoms with E-state index in [2.05, 4.69) is 21.8 Å². The molecule has 0 aliphatic carbocycles. The Bertz CT molecular complexity index is 1090. The summed E-state index contributed by atoms with van der Waals surface area (Å²) >= 11 is 0. The highest BCUT2D eigenvalue weighted by Crippen LogP contribution is 2.31. The van der Waals surface area contributed by atoms with Crippen molar-refractivity contribution in [3.8, 4) is 22.9 Å². The van der Waals surface area contributed by atoms with Crippen molar-refractivity contribution in [1.82, 2.24) is 20.1 Å². The van der Waals surface area contributed by atoms with Gasteiger partial charge >= 0.3 is 5.97 Å². The first-order valence-electron chi connectivity index (χ1n) is 11.8. The number of rotatable bonds is 11. The molecule has 3 rings (SSSR count). The van der Waals surface area contributed by atoms with E-state index in [4.69, 9.17) is 14.2 Å². The number of benzene rings is 1. The molecule has 1 N–H and O–H groups in total. The molecular weight excluding hydrogens is 452 g/mol. The second-order valence-electron chi connectivity index (χ2n) is 8.15. The average molecular weight is 485 g/mol. The normalized spacial score (nSPS) is 13.8. The molecule has 10 nitrogen and oxygen atoms in total. The minimum atomic E-state index is -0.394. The second-order valence-corrected chi connectivity index (χ2v) is 8.15. The van der Waals surface area contributed by atoms with E-state index in [-0.39, 0.29) is 36.3 Å². The third kappa shape index (κ3) is 6.91. The largest absolute Gasteiger partial charge is 0.493 e. The maximum absolute atomic E-state index is 12.6. The fraction of sp³-hybridized carbons (Fsp3) is 0.480. The van der Waals surface area contributed by atoms with Crippen LogP contribution < -0.4 is 15.0 Å². The molecule has 0 atom stereocenters. The molecule has 1 fully saturated rings. The first kappa shape index (κ1) is 25.9. The van der Waals surface area contributed by atoms with E-state index >= 15 is 0 Å². The monoisotopic (exact) mass is 484 g/mol. The number of esters is 1. The molecule has 0 bridgehead atoms. The van der Waals surface area contributed by atoms with Crippen LogP contribution in [0.3, 0.4) is 0 Å². The van der Waals surface area contributed by atoms with E-state index in [1.165, 1.54) is 7.11 Å². The second kappa shape index (κ2) is 12.7. The maximum Gasteiger partial charge on any atom is 0.309 e. The van der Waals surface area contributed by atoms with Gasteiger partial charge in [-0.15, -0.1) is 16.8 Å². The van der Waals surface area contributed by atoms with Gasteiger partial charge in [0, 0.05) is 31.5 Å². The van der Waals surface area contributed by atoms with Gasteiger partial charge in [0.25, 0.3) is 5.56 Å². The summed E-state index contributed by atoms with van der Waals surface area (Å²) in [6, 6.07) is 5.22. The Morgan fingerprint density at radius 2 is 2.00 bits per heavy atom. The standard InChI is InChI=1S/C25H32N4O6/c1-4-6-15-35-20-9-7-18(16-21(20)33-3)23-26-24(31)19(27-28-23)8-10-22(30)29-13-11-17(12-14-29)25(32)34-5-2/h4,7,9,16-17H,1,5-6,8,10-15H2,2-3H3,(H,26,28,31). The lowest BCUT2D eigenvalue weighted by Gasteiger charge is -2.30. The molecule has 1 aliphatic heterocycles. The molecule has 0 saturated carbocycles. The van der Waals surface area contributed by atoms with Gasteiger partial charge in [-0.05, 0) is 44.4 Å². The van der Waals surface area contributed by atoms with Crippen LogP contribution in [-0.4, -0.2) is 65.4 Å². The first-order chi connectivity index (χ1) is 17.0. The fourth-order valence-corrected chi connectivity index (χ4v) is 3.85. The molecule has 1 aromatic carbocycles. The van der Waals surface area contributed by atoms with Gasteiger partial charge in [0.05, 0.1) is 26.2 Å². The number of nitrogens with one attached hydrogen (secondary N) is 1. The number of piperidine rings is 1. The number of aromatic nitrogens is 3. The zero-order valence-electron chi connectivity index (χ0n) is 20.2. The molecule has 10 heteroatoms. The lowest BCUT2D eigenvalue weighted by molar-refractivity contribution is -0.151. The van der Waals surface area contributed by atoms with Crippen molar-refractivity contribution < 1.29 is 23.8 Å². The predicted octanol–water partition coefficient (Wildman–Crippen LogP) is 2.53. The highest BCUT2D eigenvalue weighted by Gasteiger charge is 2.28. The Morgan fingerprint density at radius 1 is 1.23 bits per heavy atom. The van der Waals surface area contributed by atoms with Crippen molar-refractivity contribution in [2.24, 2.45) is 5.92 Å². The van der Waals surface area contributed by atoms with Gasteiger partial charge in [-0.25, -0.2) is 0 Å². The summed E-state index contributed by atoms with van der Waals surface area (Å²) in [5.41, 5.74) is 0.420. The highest BCUT2D eigenvalue weighted by molar-refractivity contribution is 5.77. The Morgan fingerprint density at radius 3 is 2.66 bits per heavy atom. The number of likely N-dealkylation sites (tertiary alicyclic amines) is 1. The number of carbonyl (C=O) groups excluding carboxylic acids is 2. The molecule has 188 valence electrons. The molecule has 1 aliphatic rings. The molecule has 1 saturated heterocycles. The van der Waals surface area contributed by atoms with Crippen molar-refractivity contribution in [3.63, 3.8) is 0 Å². The Kier molecular flexibility index (Phi) is 9.39. The zero-order chi connectivity index (χ0) is 25.2. The number of methoxy groups -OCH3 is 1. The van der Waals surface area contributed by atoms with Crippen LogP contribution in [0.5, 0.6) is 11.5 Å². The van der Waals surface area contributed by atoms with Crippen LogP contribution in [0.4, 0.5) is 0 Å². The maximum atomic E-state index is 12.6. The molecule has 2 heterocycles. The fourth-order valence-electron chi connectivity index (χ4n) is 3.85. The lowest BCUT2D eigenvalue weighted by Crippen LogP contribution is -2.40. The average Bonchev–Trinajstić information content (AvgIpc) is 2.88. The summed E-state index contributed by atoms with van der Waals surface area (Å²) in [5.74, 6) is 0.947. The number of ether oxygens (including phenoxy) is 3. The van der Waals surface area contributed by atoms with Crippen molar-refractivity contribution in [3.05, 3.63) is 46.9 Å². The van der Waals surface area contributed by atoms with Gasteiger partial charge in [-0.3, -0.25) is 14.4 Å². The van der Waals surface area contributed by atoms with Crippen molar-refractivity contribution >= 4 is 11.9 Å². The minimum absolute atomic E-state index is 0.0747. The van der Waals surface area contributed by atoms with E-state index in [1.807, 2.05) is 0 Å². The summed E-state index contributed by atoms with van der Waals surface area (Å²) in [6.07, 6.45) is 3.97. The number of aromatic amines is 1. The molecule has 0 unspecified atom stereocenters. The number of carbonyl (C=O) groups is 2. The third-order valence-corrected chi connectivity index (χ3v) is 5.82. The van der Waals surface area contributed by atoms with Crippen LogP contribution in [0.2, 0.25) is 0 Å². The summed E-state index contributed by atoms with van der Waals surface area (Å²) in [4.78, 5) is 41.5. The SMILES string of the molecule is C=CCCOc1ccc(-c2nnc(CCC(=O)N3CCC(C(=O)OCC)CC3)c(=O)[nH]2)cc1OC. The summed E-state index contributed by atoms with van der Waals surface area (Å²) < 4.78 is 16.1. The predicted molar refractivity (Wildman–Crippen MR) is 129 cm³/mol. The molecule has 0 radical (unpaired) electrons. The summed E-state index contributed by atoms with van der Waals surface area (Å²) in [6.45, 7) is 7.28. The van der Waals surface area contributed by atoms with Crippen LogP contribution in [0, 0.1) is 5.92 Å². The van der Waals surface area contributed by atoms with Gasteiger partial charge in [0.15, 0.2) is 17.3 Å². The van der Waals surface area contributed by atoms with Gasteiger partial charge < -0.3 is 24.1 Å². The minimum Gasteiger partial charge on any atom is -0.493 e. The van der Waals surface area contributed by atoms with E-state index in [0.717, 1.165) is 0 Å². The van der Waals surface area contributed by atoms with Crippen molar-refractivity contribution in [2.45, 2.75) is 39.0 Å². The molecule has 2 aromatic rings.